The Morgan fingerprint density at radius 1 is 1.12 bits per heavy atom. The van der Waals surface area contributed by atoms with Crippen LogP contribution in [0.3, 0.4) is 0 Å². The second-order valence-electron chi connectivity index (χ2n) is 5.57. The number of hydrogen-bond donors (Lipinski definition) is 3. The molecule has 0 spiro atoms. The van der Waals surface area contributed by atoms with Crippen LogP contribution in [0.5, 0.6) is 5.75 Å². The molecule has 5 nitrogen and oxygen atoms in total. The smallest absolute Gasteiger partial charge is 0.267 e. The molecule has 1 amide bonds. The number of nitrogens with one attached hydrogen (secondary N) is 2. The zero-order valence-corrected chi connectivity index (χ0v) is 13.9. The van der Waals surface area contributed by atoms with E-state index in [0.717, 1.165) is 19.3 Å². The molecule has 0 aliphatic heterocycles. The molecule has 0 saturated heterocycles. The molecule has 2 aromatic carbocycles. The van der Waals surface area contributed by atoms with Crippen LogP contribution in [0.2, 0.25) is 0 Å². The molecule has 2 rings (SSSR count). The number of nitriles is 1. The van der Waals surface area contributed by atoms with Crippen molar-refractivity contribution in [1.29, 1.82) is 5.26 Å². The summed E-state index contributed by atoms with van der Waals surface area (Å²) in [7, 11) is 0. The summed E-state index contributed by atoms with van der Waals surface area (Å²) in [5, 5.41) is 24.1. The molecule has 0 bridgehead atoms. The molecular weight excluding hydrogens is 314 g/mol. The van der Waals surface area contributed by atoms with Gasteiger partial charge in [0.15, 0.2) is 0 Å². The monoisotopic (exact) mass is 335 g/mol. The van der Waals surface area contributed by atoms with Gasteiger partial charge < -0.3 is 15.7 Å². The summed E-state index contributed by atoms with van der Waals surface area (Å²) in [5.74, 6) is -0.457. The van der Waals surface area contributed by atoms with E-state index in [2.05, 4.69) is 22.8 Å². The number of benzene rings is 2. The average Bonchev–Trinajstić information content (AvgIpc) is 2.62. The summed E-state index contributed by atoms with van der Waals surface area (Å²) in [6.45, 7) is 0.692. The topological polar surface area (TPSA) is 85.2 Å². The van der Waals surface area contributed by atoms with E-state index < -0.39 is 5.91 Å². The minimum absolute atomic E-state index is 0.00796. The zero-order valence-electron chi connectivity index (χ0n) is 13.9. The van der Waals surface area contributed by atoms with Crippen LogP contribution in [-0.4, -0.2) is 17.6 Å². The number of nitrogens with zero attached hydrogens (tertiary/aromatic N) is 1. The second kappa shape index (κ2) is 9.78. The van der Waals surface area contributed by atoms with E-state index >= 15 is 0 Å². The van der Waals surface area contributed by atoms with Crippen LogP contribution in [0.1, 0.15) is 18.4 Å². The second-order valence-corrected chi connectivity index (χ2v) is 5.57. The molecule has 128 valence electrons. The number of aryl methyl sites for hydroxylation is 1. The first-order valence-corrected chi connectivity index (χ1v) is 8.17. The van der Waals surface area contributed by atoms with E-state index in [1.807, 2.05) is 24.3 Å². The lowest BCUT2D eigenvalue weighted by Crippen LogP contribution is -2.17. The number of phenols is 1. The van der Waals surface area contributed by atoms with E-state index in [0.29, 0.717) is 12.2 Å². The van der Waals surface area contributed by atoms with Crippen LogP contribution in [0, 0.1) is 11.3 Å². The molecule has 0 radical (unpaired) electrons. The Hall–Kier alpha value is -3.26. The highest BCUT2D eigenvalue weighted by Gasteiger charge is 2.09. The quantitative estimate of drug-likeness (QED) is 0.392. The summed E-state index contributed by atoms with van der Waals surface area (Å²) >= 11 is 0. The molecule has 0 heterocycles. The van der Waals surface area contributed by atoms with Crippen molar-refractivity contribution in [2.45, 2.75) is 19.3 Å². The van der Waals surface area contributed by atoms with Gasteiger partial charge in [-0.1, -0.05) is 36.4 Å². The minimum Gasteiger partial charge on any atom is -0.508 e. The van der Waals surface area contributed by atoms with E-state index in [1.165, 1.54) is 23.9 Å². The van der Waals surface area contributed by atoms with Gasteiger partial charge in [0.2, 0.25) is 0 Å². The van der Waals surface area contributed by atoms with Gasteiger partial charge in [0.05, 0.1) is 0 Å². The van der Waals surface area contributed by atoms with Crippen LogP contribution in [0.4, 0.5) is 5.69 Å². The SMILES string of the molecule is N#C/C(=C/NCCCCc1ccccc1)C(=O)Nc1cccc(O)c1. The van der Waals surface area contributed by atoms with Crippen LogP contribution in [0.15, 0.2) is 66.4 Å². The van der Waals surface area contributed by atoms with Crippen LogP contribution in [0.25, 0.3) is 0 Å². The number of amides is 1. The fourth-order valence-electron chi connectivity index (χ4n) is 2.31. The average molecular weight is 335 g/mol. The molecule has 0 aromatic heterocycles. The Morgan fingerprint density at radius 3 is 2.64 bits per heavy atom. The summed E-state index contributed by atoms with van der Waals surface area (Å²) in [6.07, 6.45) is 4.41. The predicted molar refractivity (Wildman–Crippen MR) is 97.8 cm³/mol. The minimum atomic E-state index is -0.509. The van der Waals surface area contributed by atoms with Gasteiger partial charge in [0.25, 0.3) is 5.91 Å². The van der Waals surface area contributed by atoms with Crippen molar-refractivity contribution < 1.29 is 9.90 Å². The number of unbranched alkanes of at least 4 members (excludes halogenated alkanes) is 1. The molecule has 0 unspecified atom stereocenters. The van der Waals surface area contributed by atoms with Crippen LogP contribution < -0.4 is 10.6 Å². The van der Waals surface area contributed by atoms with Crippen molar-refractivity contribution in [2.75, 3.05) is 11.9 Å². The number of hydrogen-bond acceptors (Lipinski definition) is 4. The van der Waals surface area contributed by atoms with Gasteiger partial charge in [-0.05, 0) is 37.0 Å². The Kier molecular flexibility index (Phi) is 7.08. The van der Waals surface area contributed by atoms with Crippen molar-refractivity contribution in [3.63, 3.8) is 0 Å². The van der Waals surface area contributed by atoms with Crippen LogP contribution >= 0.6 is 0 Å². The highest BCUT2D eigenvalue weighted by atomic mass is 16.3. The van der Waals surface area contributed by atoms with Gasteiger partial charge in [0.1, 0.15) is 17.4 Å². The maximum atomic E-state index is 12.0. The van der Waals surface area contributed by atoms with Gasteiger partial charge in [-0.3, -0.25) is 4.79 Å². The summed E-state index contributed by atoms with van der Waals surface area (Å²) in [4.78, 5) is 12.0. The van der Waals surface area contributed by atoms with Crippen molar-refractivity contribution in [3.8, 4) is 11.8 Å². The zero-order chi connectivity index (χ0) is 17.9. The normalized spacial score (nSPS) is 10.8. The van der Waals surface area contributed by atoms with Gasteiger partial charge in [-0.15, -0.1) is 0 Å². The maximum Gasteiger partial charge on any atom is 0.267 e. The van der Waals surface area contributed by atoms with E-state index in [9.17, 15) is 9.90 Å². The molecule has 3 N–H and O–H groups in total. The predicted octanol–water partition coefficient (Wildman–Crippen LogP) is 3.35. The molecule has 0 aliphatic carbocycles. The molecule has 5 heteroatoms. The van der Waals surface area contributed by atoms with Crippen molar-refractivity contribution in [1.82, 2.24) is 5.32 Å². The number of anilines is 1. The molecule has 0 atom stereocenters. The van der Waals surface area contributed by atoms with Gasteiger partial charge >= 0.3 is 0 Å². The molecule has 0 saturated carbocycles. The fourth-order valence-corrected chi connectivity index (χ4v) is 2.31. The van der Waals surface area contributed by atoms with Crippen molar-refractivity contribution in [3.05, 3.63) is 71.9 Å². The standard InChI is InChI=1S/C20H21N3O2/c21-14-17(20(25)23-18-10-6-11-19(24)13-18)15-22-12-5-4-9-16-7-2-1-3-8-16/h1-3,6-8,10-11,13,15,22,24H,4-5,9,12H2,(H,23,25)/b17-15-. The summed E-state index contributed by atoms with van der Waals surface area (Å²) < 4.78 is 0. The largest absolute Gasteiger partial charge is 0.508 e. The highest BCUT2D eigenvalue weighted by Crippen LogP contribution is 2.15. The Bertz CT molecular complexity index is 764. The summed E-state index contributed by atoms with van der Waals surface area (Å²) in [6, 6.07) is 18.3. The van der Waals surface area contributed by atoms with Gasteiger partial charge in [0, 0.05) is 24.5 Å². The number of carbonyl (C=O) groups excluding carboxylic acids is 1. The summed E-state index contributed by atoms with van der Waals surface area (Å²) in [5.41, 5.74) is 1.74. The van der Waals surface area contributed by atoms with E-state index in [1.54, 1.807) is 12.1 Å². The molecular formula is C20H21N3O2. The highest BCUT2D eigenvalue weighted by molar-refractivity contribution is 6.06. The molecule has 25 heavy (non-hydrogen) atoms. The Balaban J connectivity index is 1.74. The third-order valence-corrected chi connectivity index (χ3v) is 3.59. The lowest BCUT2D eigenvalue weighted by molar-refractivity contribution is -0.112. The molecule has 0 aliphatic rings. The molecule has 2 aromatic rings. The number of phenolic OH excluding ortho intramolecular Hbond substituents is 1. The van der Waals surface area contributed by atoms with E-state index in [-0.39, 0.29) is 11.3 Å². The molecule has 0 fully saturated rings. The first-order chi connectivity index (χ1) is 12.2. The third-order valence-electron chi connectivity index (χ3n) is 3.59. The Labute approximate surface area is 147 Å². The lowest BCUT2D eigenvalue weighted by atomic mass is 10.1. The maximum absolute atomic E-state index is 12.0. The van der Waals surface area contributed by atoms with Gasteiger partial charge in [-0.2, -0.15) is 5.26 Å². The lowest BCUT2D eigenvalue weighted by Gasteiger charge is -2.06. The fraction of sp³-hybridized carbons (Fsp3) is 0.200. The first-order valence-electron chi connectivity index (χ1n) is 8.17. The van der Waals surface area contributed by atoms with E-state index in [4.69, 9.17) is 5.26 Å². The van der Waals surface area contributed by atoms with Crippen LogP contribution in [-0.2, 0) is 11.2 Å². The van der Waals surface area contributed by atoms with Crippen molar-refractivity contribution in [2.24, 2.45) is 0 Å². The first kappa shape index (κ1) is 18.1. The number of rotatable bonds is 8. The van der Waals surface area contributed by atoms with Crippen molar-refractivity contribution >= 4 is 11.6 Å². The number of carbonyl (C=O) groups is 1. The number of aromatic hydroxyl groups is 1. The third kappa shape index (κ3) is 6.40. The Morgan fingerprint density at radius 2 is 1.92 bits per heavy atom. The van der Waals surface area contributed by atoms with Gasteiger partial charge in [-0.25, -0.2) is 0 Å².